The number of carbonyl (C=O) groups is 2. The zero-order valence-electron chi connectivity index (χ0n) is 19.2. The van der Waals surface area contributed by atoms with Gasteiger partial charge in [-0.25, -0.2) is 0 Å². The van der Waals surface area contributed by atoms with Gasteiger partial charge in [0.2, 0.25) is 0 Å². The normalized spacial score (nSPS) is 15.3. The maximum Gasteiger partial charge on any atom is 0.265 e. The van der Waals surface area contributed by atoms with Gasteiger partial charge >= 0.3 is 0 Å². The molecule has 5 heteroatoms. The molecule has 1 aliphatic heterocycles. The summed E-state index contributed by atoms with van der Waals surface area (Å²) in [6.45, 7) is 6.62. The summed E-state index contributed by atoms with van der Waals surface area (Å²) < 4.78 is 0. The highest BCUT2D eigenvalue weighted by molar-refractivity contribution is 8.04. The van der Waals surface area contributed by atoms with Gasteiger partial charge in [-0.3, -0.25) is 9.59 Å². The minimum Gasteiger partial charge on any atom is -0.350 e. The van der Waals surface area contributed by atoms with Crippen molar-refractivity contribution in [3.8, 4) is 0 Å². The molecule has 0 fully saturated rings. The second-order valence-electron chi connectivity index (χ2n) is 8.30. The van der Waals surface area contributed by atoms with Gasteiger partial charge in [0.25, 0.3) is 11.8 Å². The van der Waals surface area contributed by atoms with Crippen LogP contribution in [0, 0.1) is 6.92 Å². The first-order chi connectivity index (χ1) is 16.0. The van der Waals surface area contributed by atoms with Gasteiger partial charge in [-0.1, -0.05) is 67.2 Å². The predicted octanol–water partition coefficient (Wildman–Crippen LogP) is 6.20. The van der Waals surface area contributed by atoms with Gasteiger partial charge < -0.3 is 10.2 Å². The number of amides is 2. The highest BCUT2D eigenvalue weighted by Crippen LogP contribution is 2.42. The first kappa shape index (κ1) is 22.9. The van der Waals surface area contributed by atoms with E-state index in [4.69, 9.17) is 0 Å². The van der Waals surface area contributed by atoms with Crippen LogP contribution in [-0.4, -0.2) is 17.9 Å². The largest absolute Gasteiger partial charge is 0.350 e. The van der Waals surface area contributed by atoms with Crippen molar-refractivity contribution in [2.24, 2.45) is 0 Å². The summed E-state index contributed by atoms with van der Waals surface area (Å²) in [5.41, 5.74) is 4.74. The lowest BCUT2D eigenvalue weighted by molar-refractivity contribution is -0.114. The number of hydrogen-bond donors (Lipinski definition) is 1. The Kier molecular flexibility index (Phi) is 6.99. The molecule has 0 spiro atoms. The molecule has 2 amide bonds. The van der Waals surface area contributed by atoms with Crippen molar-refractivity contribution in [3.63, 3.8) is 0 Å². The summed E-state index contributed by atoms with van der Waals surface area (Å²) in [7, 11) is 0. The highest BCUT2D eigenvalue weighted by Gasteiger charge is 2.29. The molecule has 4 nitrogen and oxygen atoms in total. The van der Waals surface area contributed by atoms with E-state index in [0.29, 0.717) is 17.0 Å². The Bertz CT molecular complexity index is 1200. The molecule has 4 rings (SSSR count). The van der Waals surface area contributed by atoms with Gasteiger partial charge in [0, 0.05) is 16.5 Å². The molecule has 0 radical (unpaired) electrons. The number of thioether (sulfide) groups is 1. The predicted molar refractivity (Wildman–Crippen MR) is 136 cm³/mol. The molecule has 1 N–H and O–H groups in total. The number of nitrogens with one attached hydrogen (secondary N) is 1. The van der Waals surface area contributed by atoms with Crippen LogP contribution in [0.5, 0.6) is 0 Å². The first-order valence-corrected chi connectivity index (χ1v) is 12.0. The van der Waals surface area contributed by atoms with Crippen LogP contribution in [0.15, 0.2) is 82.6 Å². The van der Waals surface area contributed by atoms with Gasteiger partial charge in [-0.05, 0) is 67.3 Å². The van der Waals surface area contributed by atoms with Crippen LogP contribution in [-0.2, 0) is 11.3 Å². The fourth-order valence-corrected chi connectivity index (χ4v) is 4.73. The minimum absolute atomic E-state index is 0.0134. The van der Waals surface area contributed by atoms with Crippen molar-refractivity contribution in [2.75, 3.05) is 4.90 Å². The van der Waals surface area contributed by atoms with Crippen molar-refractivity contribution in [2.45, 2.75) is 44.7 Å². The zero-order valence-corrected chi connectivity index (χ0v) is 20.0. The molecule has 1 atom stereocenters. The Hall–Kier alpha value is -3.31. The number of anilines is 1. The molecule has 3 aromatic carbocycles. The average molecular weight is 457 g/mol. The molecule has 1 heterocycles. The number of carbonyl (C=O) groups excluding carboxylic acids is 2. The van der Waals surface area contributed by atoms with E-state index in [1.165, 1.54) is 11.8 Å². The van der Waals surface area contributed by atoms with E-state index in [-0.39, 0.29) is 17.9 Å². The maximum absolute atomic E-state index is 13.5. The number of hydrogen-bond acceptors (Lipinski definition) is 3. The third-order valence-electron chi connectivity index (χ3n) is 5.88. The van der Waals surface area contributed by atoms with Crippen LogP contribution in [0.4, 0.5) is 5.69 Å². The highest BCUT2D eigenvalue weighted by atomic mass is 32.2. The van der Waals surface area contributed by atoms with E-state index in [2.05, 4.69) is 24.4 Å². The van der Waals surface area contributed by atoms with Gasteiger partial charge in [-0.2, -0.15) is 0 Å². The molecular formula is C28H28N2O2S. The number of para-hydroxylation sites is 1. The summed E-state index contributed by atoms with van der Waals surface area (Å²) in [6, 6.07) is 23.7. The number of aryl methyl sites for hydroxylation is 1. The summed E-state index contributed by atoms with van der Waals surface area (Å²) in [5.74, 6) is -0.0921. The second kappa shape index (κ2) is 10.1. The Morgan fingerprint density at radius 1 is 1.03 bits per heavy atom. The van der Waals surface area contributed by atoms with E-state index >= 15 is 0 Å². The number of nitrogens with zero attached hydrogens (tertiary/aromatic N) is 1. The maximum atomic E-state index is 13.5. The van der Waals surface area contributed by atoms with E-state index < -0.39 is 0 Å². The number of fused-ring (bicyclic) bond motifs is 1. The average Bonchev–Trinajstić information content (AvgIpc) is 2.83. The SMILES string of the molecule is CC[C@H](C)NC(=O)c1ccc(/C=C2/Sc3ccccc3N(Cc3ccccc3C)C2=O)cc1. The molecule has 0 saturated carbocycles. The molecule has 0 aliphatic carbocycles. The molecule has 0 bridgehead atoms. The second-order valence-corrected chi connectivity index (χ2v) is 9.38. The number of benzene rings is 3. The lowest BCUT2D eigenvalue weighted by Crippen LogP contribution is -2.34. The molecule has 3 aromatic rings. The van der Waals surface area contributed by atoms with E-state index in [1.807, 2.05) is 73.4 Å². The monoisotopic (exact) mass is 456 g/mol. The van der Waals surface area contributed by atoms with Crippen molar-refractivity contribution in [3.05, 3.63) is 100.0 Å². The number of rotatable bonds is 6. The lowest BCUT2D eigenvalue weighted by atomic mass is 10.1. The van der Waals surface area contributed by atoms with Crippen LogP contribution in [0.1, 0.15) is 47.3 Å². The van der Waals surface area contributed by atoms with Crippen molar-refractivity contribution < 1.29 is 9.59 Å². The van der Waals surface area contributed by atoms with Crippen molar-refractivity contribution in [1.82, 2.24) is 5.32 Å². The van der Waals surface area contributed by atoms with Crippen LogP contribution in [0.25, 0.3) is 6.08 Å². The molecular weight excluding hydrogens is 428 g/mol. The summed E-state index contributed by atoms with van der Waals surface area (Å²) in [5, 5.41) is 2.98. The quantitative estimate of drug-likeness (QED) is 0.449. The fraction of sp³-hybridized carbons (Fsp3) is 0.214. The van der Waals surface area contributed by atoms with Gasteiger partial charge in [0.05, 0.1) is 17.1 Å². The fourth-order valence-electron chi connectivity index (χ4n) is 3.67. The molecule has 1 aliphatic rings. The summed E-state index contributed by atoms with van der Waals surface area (Å²) in [6.07, 6.45) is 2.79. The molecule has 168 valence electrons. The zero-order chi connectivity index (χ0) is 23.4. The molecule has 33 heavy (non-hydrogen) atoms. The lowest BCUT2D eigenvalue weighted by Gasteiger charge is -2.31. The Balaban J connectivity index is 1.61. The van der Waals surface area contributed by atoms with E-state index in [0.717, 1.165) is 33.7 Å². The van der Waals surface area contributed by atoms with Crippen LogP contribution in [0.2, 0.25) is 0 Å². The molecule has 0 aromatic heterocycles. The summed E-state index contributed by atoms with van der Waals surface area (Å²) >= 11 is 1.49. The van der Waals surface area contributed by atoms with Gasteiger partial charge in [0.15, 0.2) is 0 Å². The van der Waals surface area contributed by atoms with Crippen LogP contribution < -0.4 is 10.2 Å². The smallest absolute Gasteiger partial charge is 0.265 e. The molecule has 0 unspecified atom stereocenters. The summed E-state index contributed by atoms with van der Waals surface area (Å²) in [4.78, 5) is 29.4. The van der Waals surface area contributed by atoms with E-state index in [9.17, 15) is 9.59 Å². The third kappa shape index (κ3) is 5.20. The van der Waals surface area contributed by atoms with Crippen molar-refractivity contribution in [1.29, 1.82) is 0 Å². The van der Waals surface area contributed by atoms with Crippen molar-refractivity contribution >= 4 is 35.3 Å². The Labute approximate surface area is 199 Å². The first-order valence-electron chi connectivity index (χ1n) is 11.2. The van der Waals surface area contributed by atoms with Crippen LogP contribution in [0.3, 0.4) is 0 Å². The van der Waals surface area contributed by atoms with Gasteiger partial charge in [-0.15, -0.1) is 0 Å². The van der Waals surface area contributed by atoms with Gasteiger partial charge in [0.1, 0.15) is 0 Å². The Morgan fingerprint density at radius 2 is 1.73 bits per heavy atom. The standard InChI is InChI=1S/C28H28N2O2S/c1-4-20(3)29-27(31)22-15-13-21(14-16-22)17-26-28(32)30(18-23-10-6-5-9-19(23)2)24-11-7-8-12-25(24)33-26/h5-17,20H,4,18H2,1-3H3,(H,29,31)/b26-17+/t20-/m0/s1. The minimum atomic E-state index is -0.0787. The van der Waals surface area contributed by atoms with E-state index in [1.54, 1.807) is 12.1 Å². The van der Waals surface area contributed by atoms with Crippen LogP contribution >= 0.6 is 11.8 Å². The Morgan fingerprint density at radius 3 is 2.45 bits per heavy atom. The third-order valence-corrected chi connectivity index (χ3v) is 6.96. The molecule has 0 saturated heterocycles. The topological polar surface area (TPSA) is 49.4 Å².